The van der Waals surface area contributed by atoms with Gasteiger partial charge >= 0.3 is 11.9 Å². The number of nitrogens with zero attached hydrogens (tertiary/aromatic N) is 1. The molecule has 1 aliphatic rings. The van der Waals surface area contributed by atoms with Crippen molar-refractivity contribution in [3.05, 3.63) is 41.5 Å². The molecule has 0 spiro atoms. The van der Waals surface area contributed by atoms with Crippen molar-refractivity contribution in [2.45, 2.75) is 52.5 Å². The molecule has 7 heteroatoms. The number of hydrogen-bond donors (Lipinski definition) is 2. The lowest BCUT2D eigenvalue weighted by Crippen LogP contribution is -2.42. The van der Waals surface area contributed by atoms with E-state index in [0.29, 0.717) is 33.5 Å². The zero-order chi connectivity index (χ0) is 23.2. The molecule has 1 saturated carbocycles. The minimum atomic E-state index is -1.13. The predicted molar refractivity (Wildman–Crippen MR) is 121 cm³/mol. The summed E-state index contributed by atoms with van der Waals surface area (Å²) in [4.78, 5) is 38.6. The molecule has 0 bridgehead atoms. The van der Waals surface area contributed by atoms with E-state index in [0.717, 1.165) is 25.7 Å². The second-order valence-electron chi connectivity index (χ2n) is 9.05. The first-order valence-corrected chi connectivity index (χ1v) is 11.0. The number of carboxylic acid groups (broad SMARTS) is 2. The van der Waals surface area contributed by atoms with E-state index in [4.69, 9.17) is 4.42 Å². The van der Waals surface area contributed by atoms with Gasteiger partial charge in [-0.05, 0) is 69.7 Å². The maximum absolute atomic E-state index is 13.5. The van der Waals surface area contributed by atoms with Crippen LogP contribution in [0.1, 0.15) is 67.2 Å². The first-order chi connectivity index (χ1) is 15.2. The van der Waals surface area contributed by atoms with Crippen molar-refractivity contribution >= 4 is 45.5 Å². The van der Waals surface area contributed by atoms with Crippen LogP contribution in [0.5, 0.6) is 0 Å². The van der Waals surface area contributed by atoms with E-state index in [1.54, 1.807) is 17.0 Å². The van der Waals surface area contributed by atoms with E-state index in [9.17, 15) is 24.6 Å². The zero-order valence-electron chi connectivity index (χ0n) is 18.4. The summed E-state index contributed by atoms with van der Waals surface area (Å²) in [6.07, 6.45) is 3.58. The molecule has 2 aromatic carbocycles. The van der Waals surface area contributed by atoms with Gasteiger partial charge in [-0.25, -0.2) is 9.59 Å². The highest BCUT2D eigenvalue weighted by Crippen LogP contribution is 2.37. The molecule has 32 heavy (non-hydrogen) atoms. The molecule has 0 radical (unpaired) electrons. The number of benzene rings is 2. The quantitative estimate of drug-likeness (QED) is 0.542. The number of fused-ring (bicyclic) bond motifs is 3. The van der Waals surface area contributed by atoms with Crippen LogP contribution in [-0.2, 0) is 4.79 Å². The SMILES string of the molecule is CC1CCC(C(=O)N(c2cc3oc4cc(C(=O)O)ccc4c3cc2C(=O)O)C(C)C)CC1. The average molecular weight is 437 g/mol. The Labute approximate surface area is 185 Å². The number of amides is 1. The molecule has 1 amide bonds. The van der Waals surface area contributed by atoms with Crippen LogP contribution in [0.4, 0.5) is 5.69 Å². The molecule has 1 aromatic heterocycles. The molecule has 7 nitrogen and oxygen atoms in total. The first kappa shape index (κ1) is 21.9. The van der Waals surface area contributed by atoms with Crippen LogP contribution in [-0.4, -0.2) is 34.1 Å². The van der Waals surface area contributed by atoms with Gasteiger partial charge in [0.25, 0.3) is 0 Å². The average Bonchev–Trinajstić information content (AvgIpc) is 3.10. The highest BCUT2D eigenvalue weighted by molar-refractivity contribution is 6.12. The molecule has 0 aliphatic heterocycles. The molecule has 0 unspecified atom stereocenters. The smallest absolute Gasteiger partial charge is 0.337 e. The highest BCUT2D eigenvalue weighted by atomic mass is 16.4. The van der Waals surface area contributed by atoms with Crippen molar-refractivity contribution in [3.8, 4) is 0 Å². The number of carboxylic acids is 2. The second kappa shape index (κ2) is 8.30. The van der Waals surface area contributed by atoms with Gasteiger partial charge in [0.05, 0.1) is 16.8 Å². The molecule has 168 valence electrons. The first-order valence-electron chi connectivity index (χ1n) is 11.0. The summed E-state index contributed by atoms with van der Waals surface area (Å²) in [6.45, 7) is 5.93. The van der Waals surface area contributed by atoms with Crippen LogP contribution in [0, 0.1) is 11.8 Å². The summed E-state index contributed by atoms with van der Waals surface area (Å²) < 4.78 is 5.89. The summed E-state index contributed by atoms with van der Waals surface area (Å²) in [5.74, 6) is -1.78. The van der Waals surface area contributed by atoms with Crippen LogP contribution in [0.3, 0.4) is 0 Å². The van der Waals surface area contributed by atoms with Gasteiger partial charge in [0, 0.05) is 28.8 Å². The third-order valence-corrected chi connectivity index (χ3v) is 6.45. The van der Waals surface area contributed by atoms with E-state index in [2.05, 4.69) is 6.92 Å². The molecule has 1 aliphatic carbocycles. The van der Waals surface area contributed by atoms with Gasteiger partial charge in [-0.2, -0.15) is 0 Å². The van der Waals surface area contributed by atoms with Gasteiger partial charge in [0.1, 0.15) is 11.2 Å². The summed E-state index contributed by atoms with van der Waals surface area (Å²) in [6, 6.07) is 7.38. The molecular weight excluding hydrogens is 410 g/mol. The van der Waals surface area contributed by atoms with Gasteiger partial charge in [0.2, 0.25) is 5.91 Å². The largest absolute Gasteiger partial charge is 0.478 e. The van der Waals surface area contributed by atoms with Gasteiger partial charge < -0.3 is 19.5 Å². The standard InChI is InChI=1S/C25H27NO6/c1-13(2)26(23(27)15-6-4-14(3)5-7-15)20-12-22-18(11-19(20)25(30)31)17-9-8-16(24(28)29)10-21(17)32-22/h8-15H,4-7H2,1-3H3,(H,28,29)(H,30,31). The molecule has 1 fully saturated rings. The van der Waals surface area contributed by atoms with Crippen molar-refractivity contribution in [2.75, 3.05) is 4.90 Å². The van der Waals surface area contributed by atoms with Gasteiger partial charge in [-0.1, -0.05) is 6.92 Å². The summed E-state index contributed by atoms with van der Waals surface area (Å²) in [5.41, 5.74) is 1.19. The molecule has 1 heterocycles. The number of carbonyl (C=O) groups excluding carboxylic acids is 1. The van der Waals surface area contributed by atoms with Crippen molar-refractivity contribution in [3.63, 3.8) is 0 Å². The number of rotatable bonds is 5. The van der Waals surface area contributed by atoms with Crippen LogP contribution >= 0.6 is 0 Å². The van der Waals surface area contributed by atoms with E-state index in [1.165, 1.54) is 18.2 Å². The predicted octanol–water partition coefficient (Wildman–Crippen LogP) is 5.55. The second-order valence-corrected chi connectivity index (χ2v) is 9.05. The summed E-state index contributed by atoms with van der Waals surface area (Å²) >= 11 is 0. The summed E-state index contributed by atoms with van der Waals surface area (Å²) in [5, 5.41) is 20.4. The monoisotopic (exact) mass is 437 g/mol. The van der Waals surface area contributed by atoms with Crippen molar-refractivity contribution < 1.29 is 29.0 Å². The number of carbonyl (C=O) groups is 3. The van der Waals surface area contributed by atoms with Crippen LogP contribution in [0.25, 0.3) is 21.9 Å². The van der Waals surface area contributed by atoms with Gasteiger partial charge in [-0.15, -0.1) is 0 Å². The number of hydrogen-bond acceptors (Lipinski definition) is 4. The van der Waals surface area contributed by atoms with Crippen LogP contribution in [0.15, 0.2) is 34.7 Å². The fourth-order valence-corrected chi connectivity index (χ4v) is 4.67. The lowest BCUT2D eigenvalue weighted by atomic mass is 9.82. The molecule has 3 aromatic rings. The Morgan fingerprint density at radius 2 is 1.59 bits per heavy atom. The Morgan fingerprint density at radius 1 is 0.938 bits per heavy atom. The van der Waals surface area contributed by atoms with E-state index < -0.39 is 11.9 Å². The van der Waals surface area contributed by atoms with Crippen LogP contribution in [0.2, 0.25) is 0 Å². The third kappa shape index (κ3) is 3.83. The lowest BCUT2D eigenvalue weighted by Gasteiger charge is -2.34. The number of anilines is 1. The Balaban J connectivity index is 1.85. The minimum Gasteiger partial charge on any atom is -0.478 e. The highest BCUT2D eigenvalue weighted by Gasteiger charge is 2.33. The van der Waals surface area contributed by atoms with E-state index in [1.807, 2.05) is 13.8 Å². The zero-order valence-corrected chi connectivity index (χ0v) is 18.4. The van der Waals surface area contributed by atoms with Gasteiger partial charge in [-0.3, -0.25) is 4.79 Å². The Kier molecular flexibility index (Phi) is 5.67. The maximum Gasteiger partial charge on any atom is 0.337 e. The van der Waals surface area contributed by atoms with E-state index >= 15 is 0 Å². The Morgan fingerprint density at radius 3 is 2.19 bits per heavy atom. The van der Waals surface area contributed by atoms with Gasteiger partial charge in [0.15, 0.2) is 0 Å². The fourth-order valence-electron chi connectivity index (χ4n) is 4.67. The number of furan rings is 1. The molecular formula is C25H27NO6. The van der Waals surface area contributed by atoms with Crippen molar-refractivity contribution in [1.82, 2.24) is 0 Å². The Bertz CT molecular complexity index is 1220. The molecule has 4 rings (SSSR count). The van der Waals surface area contributed by atoms with Crippen molar-refractivity contribution in [1.29, 1.82) is 0 Å². The fraction of sp³-hybridized carbons (Fsp3) is 0.400. The van der Waals surface area contributed by atoms with Crippen molar-refractivity contribution in [2.24, 2.45) is 11.8 Å². The molecule has 0 atom stereocenters. The lowest BCUT2D eigenvalue weighted by molar-refractivity contribution is -0.123. The van der Waals surface area contributed by atoms with Crippen LogP contribution < -0.4 is 4.90 Å². The molecule has 0 saturated heterocycles. The summed E-state index contributed by atoms with van der Waals surface area (Å²) in [7, 11) is 0. The molecule has 2 N–H and O–H groups in total. The Hall–Kier alpha value is -3.35. The third-order valence-electron chi connectivity index (χ3n) is 6.45. The normalized spacial score (nSPS) is 18.9. The minimum absolute atomic E-state index is 0.0220. The number of aromatic carboxylic acids is 2. The topological polar surface area (TPSA) is 108 Å². The maximum atomic E-state index is 13.5. The van der Waals surface area contributed by atoms with E-state index in [-0.39, 0.29) is 29.0 Å².